The van der Waals surface area contributed by atoms with Crippen LogP contribution in [-0.4, -0.2) is 29.7 Å². The summed E-state index contributed by atoms with van der Waals surface area (Å²) in [6.07, 6.45) is 1.96. The Morgan fingerprint density at radius 1 is 1.15 bits per heavy atom. The molecule has 2 aromatic rings. The molecule has 0 amide bonds. The molecule has 1 heterocycles. The molecule has 0 N–H and O–H groups in total. The summed E-state index contributed by atoms with van der Waals surface area (Å²) in [7, 11) is 1.20. The molecule has 20 heavy (non-hydrogen) atoms. The van der Waals surface area contributed by atoms with E-state index < -0.39 is 12.0 Å². The summed E-state index contributed by atoms with van der Waals surface area (Å²) in [4.78, 5) is 35.0. The second-order valence-electron chi connectivity index (χ2n) is 4.10. The van der Waals surface area contributed by atoms with Crippen LogP contribution in [0.2, 0.25) is 0 Å². The van der Waals surface area contributed by atoms with Crippen molar-refractivity contribution in [2.75, 3.05) is 7.11 Å². The number of ketones is 1. The summed E-state index contributed by atoms with van der Waals surface area (Å²) in [6, 6.07) is 10.7. The first kappa shape index (κ1) is 13.7. The van der Waals surface area contributed by atoms with E-state index in [1.54, 1.807) is 42.5 Å². The number of carbonyl (C=O) groups is 3. The lowest BCUT2D eigenvalue weighted by atomic mass is 10.1. The first-order valence-electron chi connectivity index (χ1n) is 5.98. The van der Waals surface area contributed by atoms with Gasteiger partial charge in [0.05, 0.1) is 12.8 Å². The zero-order valence-electron chi connectivity index (χ0n) is 10.9. The molecule has 2 rings (SSSR count). The summed E-state index contributed by atoms with van der Waals surface area (Å²) in [5.74, 6) is -0.968. The van der Waals surface area contributed by atoms with Crippen LogP contribution in [-0.2, 0) is 14.3 Å². The quantitative estimate of drug-likeness (QED) is 0.359. The van der Waals surface area contributed by atoms with Gasteiger partial charge in [-0.05, 0) is 12.1 Å². The molecule has 0 bridgehead atoms. The van der Waals surface area contributed by atoms with Crippen LogP contribution in [0, 0.1) is 0 Å². The largest absolute Gasteiger partial charge is 0.467 e. The average Bonchev–Trinajstić information content (AvgIpc) is 2.97. The molecule has 1 unspecified atom stereocenters. The van der Waals surface area contributed by atoms with Gasteiger partial charge >= 0.3 is 5.97 Å². The highest BCUT2D eigenvalue weighted by molar-refractivity contribution is 6.08. The average molecular weight is 271 g/mol. The summed E-state index contributed by atoms with van der Waals surface area (Å²) >= 11 is 0. The van der Waals surface area contributed by atoms with Crippen molar-refractivity contribution in [3.05, 3.63) is 59.9 Å². The van der Waals surface area contributed by atoms with Gasteiger partial charge in [0.1, 0.15) is 0 Å². The van der Waals surface area contributed by atoms with Crippen LogP contribution in [0.1, 0.15) is 22.1 Å². The third kappa shape index (κ3) is 2.51. The third-order valence-corrected chi connectivity index (χ3v) is 2.92. The Morgan fingerprint density at radius 3 is 2.45 bits per heavy atom. The van der Waals surface area contributed by atoms with E-state index in [4.69, 9.17) is 0 Å². The van der Waals surface area contributed by atoms with E-state index in [0.29, 0.717) is 11.8 Å². The number of hydrogen-bond acceptors (Lipinski definition) is 4. The minimum atomic E-state index is -1.15. The predicted octanol–water partition coefficient (Wildman–Crippen LogP) is 1.63. The molecule has 102 valence electrons. The van der Waals surface area contributed by atoms with E-state index in [1.807, 2.05) is 0 Å². The second kappa shape index (κ2) is 5.97. The molecule has 0 fully saturated rings. The van der Waals surface area contributed by atoms with Crippen LogP contribution < -0.4 is 0 Å². The first-order valence-corrected chi connectivity index (χ1v) is 5.98. The molecule has 5 heteroatoms. The Hall–Kier alpha value is -2.69. The number of ether oxygens (including phenoxy) is 1. The number of aromatic nitrogens is 1. The van der Waals surface area contributed by atoms with E-state index in [2.05, 4.69) is 4.74 Å². The molecule has 0 radical (unpaired) electrons. The van der Waals surface area contributed by atoms with Gasteiger partial charge in [-0.3, -0.25) is 4.79 Å². The van der Waals surface area contributed by atoms with Crippen molar-refractivity contribution in [3.63, 3.8) is 0 Å². The van der Waals surface area contributed by atoms with Gasteiger partial charge in [0.15, 0.2) is 12.3 Å². The number of carbonyl (C=O) groups excluding carboxylic acids is 3. The number of methoxy groups -OCH3 is 1. The van der Waals surface area contributed by atoms with Gasteiger partial charge in [-0.25, -0.2) is 4.79 Å². The molecule has 1 atom stereocenters. The molecule has 0 saturated carbocycles. The smallest absolute Gasteiger partial charge is 0.336 e. The van der Waals surface area contributed by atoms with Crippen LogP contribution >= 0.6 is 0 Å². The highest BCUT2D eigenvalue weighted by atomic mass is 16.5. The lowest BCUT2D eigenvalue weighted by Gasteiger charge is -2.13. The number of rotatable bonds is 5. The van der Waals surface area contributed by atoms with E-state index in [-0.39, 0.29) is 11.5 Å². The van der Waals surface area contributed by atoms with E-state index in [9.17, 15) is 14.4 Å². The normalized spacial score (nSPS) is 11.7. The maximum Gasteiger partial charge on any atom is 0.336 e. The highest BCUT2D eigenvalue weighted by Crippen LogP contribution is 2.16. The number of esters is 1. The zero-order chi connectivity index (χ0) is 14.5. The van der Waals surface area contributed by atoms with Crippen molar-refractivity contribution in [2.45, 2.75) is 6.04 Å². The Balaban J connectivity index is 2.40. The van der Waals surface area contributed by atoms with Crippen molar-refractivity contribution in [1.29, 1.82) is 0 Å². The standard InChI is InChI=1S/C15H13NO4/c1-20-15(19)13(10-17)16-9-5-8-12(16)14(18)11-6-3-2-4-7-11/h2-10,13H,1H3. The van der Waals surface area contributed by atoms with Crippen LogP contribution in [0.3, 0.4) is 0 Å². The Kier molecular flexibility index (Phi) is 4.10. The summed E-state index contributed by atoms with van der Waals surface area (Å²) < 4.78 is 5.88. The van der Waals surface area contributed by atoms with Crippen LogP contribution in [0.4, 0.5) is 0 Å². The fourth-order valence-electron chi connectivity index (χ4n) is 1.92. The number of aldehydes is 1. The summed E-state index contributed by atoms with van der Waals surface area (Å²) in [5, 5.41) is 0. The van der Waals surface area contributed by atoms with Gasteiger partial charge in [-0.2, -0.15) is 0 Å². The second-order valence-corrected chi connectivity index (χ2v) is 4.10. The van der Waals surface area contributed by atoms with Gasteiger partial charge in [0, 0.05) is 11.8 Å². The maximum absolute atomic E-state index is 12.4. The fraction of sp³-hybridized carbons (Fsp3) is 0.133. The van der Waals surface area contributed by atoms with Crippen LogP contribution in [0.25, 0.3) is 0 Å². The molecule has 0 aliphatic heterocycles. The van der Waals surface area contributed by atoms with Gasteiger partial charge in [-0.15, -0.1) is 0 Å². The van der Waals surface area contributed by atoms with Crippen molar-refractivity contribution in [2.24, 2.45) is 0 Å². The Labute approximate surface area is 115 Å². The topological polar surface area (TPSA) is 65.4 Å². The monoisotopic (exact) mass is 271 g/mol. The minimum Gasteiger partial charge on any atom is -0.467 e. The molecule has 0 spiro atoms. The molecule has 1 aromatic carbocycles. The van der Waals surface area contributed by atoms with Crippen molar-refractivity contribution in [1.82, 2.24) is 4.57 Å². The summed E-state index contributed by atoms with van der Waals surface area (Å²) in [5.41, 5.74) is 0.751. The highest BCUT2D eigenvalue weighted by Gasteiger charge is 2.24. The molecule has 0 aliphatic carbocycles. The number of hydrogen-bond donors (Lipinski definition) is 0. The molecular formula is C15H13NO4. The van der Waals surface area contributed by atoms with Gasteiger partial charge in [0.25, 0.3) is 0 Å². The molecule has 0 aliphatic rings. The Bertz CT molecular complexity index is 630. The minimum absolute atomic E-state index is 0.258. The van der Waals surface area contributed by atoms with Gasteiger partial charge < -0.3 is 14.1 Å². The first-order chi connectivity index (χ1) is 9.69. The van der Waals surface area contributed by atoms with Crippen molar-refractivity contribution >= 4 is 18.0 Å². The zero-order valence-corrected chi connectivity index (χ0v) is 10.9. The molecule has 5 nitrogen and oxygen atoms in total. The maximum atomic E-state index is 12.4. The molecule has 0 saturated heterocycles. The number of nitrogens with zero attached hydrogens (tertiary/aromatic N) is 1. The SMILES string of the molecule is COC(=O)C(C=O)n1cccc1C(=O)c1ccccc1. The number of benzene rings is 1. The molecular weight excluding hydrogens is 258 g/mol. The van der Waals surface area contributed by atoms with Crippen LogP contribution in [0.5, 0.6) is 0 Å². The van der Waals surface area contributed by atoms with Crippen molar-refractivity contribution in [3.8, 4) is 0 Å². The van der Waals surface area contributed by atoms with E-state index in [1.165, 1.54) is 17.9 Å². The lowest BCUT2D eigenvalue weighted by molar-refractivity contribution is -0.145. The predicted molar refractivity (Wildman–Crippen MR) is 71.4 cm³/mol. The van der Waals surface area contributed by atoms with E-state index >= 15 is 0 Å². The van der Waals surface area contributed by atoms with E-state index in [0.717, 1.165) is 0 Å². The van der Waals surface area contributed by atoms with Gasteiger partial charge in [-0.1, -0.05) is 30.3 Å². The Morgan fingerprint density at radius 2 is 1.85 bits per heavy atom. The van der Waals surface area contributed by atoms with Crippen molar-refractivity contribution < 1.29 is 19.1 Å². The van der Waals surface area contributed by atoms with Gasteiger partial charge in [0.2, 0.25) is 5.78 Å². The fourth-order valence-corrected chi connectivity index (χ4v) is 1.92. The summed E-state index contributed by atoms with van der Waals surface area (Å²) in [6.45, 7) is 0. The van der Waals surface area contributed by atoms with Crippen LogP contribution in [0.15, 0.2) is 48.7 Å². The lowest BCUT2D eigenvalue weighted by Crippen LogP contribution is -2.24. The third-order valence-electron chi connectivity index (χ3n) is 2.92. The molecule has 1 aromatic heterocycles.